The van der Waals surface area contributed by atoms with Gasteiger partial charge >= 0.3 is 11.9 Å². The molecular formula is C20H18F3N9O2S. The van der Waals surface area contributed by atoms with Crippen LogP contribution >= 0.6 is 11.7 Å². The number of pyridine rings is 1. The summed E-state index contributed by atoms with van der Waals surface area (Å²) in [5.74, 6) is 0.705. The Bertz CT molecular complexity index is 1480. The van der Waals surface area contributed by atoms with E-state index in [4.69, 9.17) is 0 Å². The number of nitrogens with zero attached hydrogens (tertiary/aromatic N) is 7. The molecule has 182 valence electrons. The molecule has 5 rings (SSSR count). The van der Waals surface area contributed by atoms with Crippen molar-refractivity contribution in [3.63, 3.8) is 0 Å². The number of anilines is 2. The van der Waals surface area contributed by atoms with Crippen molar-refractivity contribution in [1.29, 1.82) is 0 Å². The van der Waals surface area contributed by atoms with E-state index in [1.54, 1.807) is 12.1 Å². The molecule has 4 aromatic rings. The van der Waals surface area contributed by atoms with Gasteiger partial charge in [0, 0.05) is 31.5 Å². The maximum absolute atomic E-state index is 12.7. The van der Waals surface area contributed by atoms with Crippen LogP contribution in [0.1, 0.15) is 24.8 Å². The minimum absolute atomic E-state index is 0.0106. The first-order valence-electron chi connectivity index (χ1n) is 10.5. The number of fused-ring (bicyclic) bond motifs is 1. The summed E-state index contributed by atoms with van der Waals surface area (Å²) in [6, 6.07) is 3.34. The van der Waals surface area contributed by atoms with Crippen molar-refractivity contribution in [2.75, 3.05) is 10.6 Å². The lowest BCUT2D eigenvalue weighted by Crippen LogP contribution is -2.38. The van der Waals surface area contributed by atoms with Crippen LogP contribution in [0.15, 0.2) is 40.3 Å². The van der Waals surface area contributed by atoms with Crippen LogP contribution in [0.2, 0.25) is 0 Å². The number of aryl methyl sites for hydroxylation is 1. The average molecular weight is 505 g/mol. The smallest absolute Gasteiger partial charge is 0.367 e. The minimum Gasteiger partial charge on any atom is -0.367 e. The topological polar surface area (TPSA) is 133 Å². The molecular weight excluding hydrogens is 487 g/mol. The third-order valence-corrected chi connectivity index (χ3v) is 6.29. The summed E-state index contributed by atoms with van der Waals surface area (Å²) in [5, 5.41) is 6.36. The minimum atomic E-state index is -4.48. The molecule has 0 unspecified atom stereocenters. The first kappa shape index (κ1) is 22.9. The van der Waals surface area contributed by atoms with Gasteiger partial charge in [0.2, 0.25) is 5.95 Å². The molecule has 0 saturated heterocycles. The van der Waals surface area contributed by atoms with E-state index >= 15 is 0 Å². The highest BCUT2D eigenvalue weighted by atomic mass is 32.1. The molecule has 11 nitrogen and oxygen atoms in total. The summed E-state index contributed by atoms with van der Waals surface area (Å²) in [4.78, 5) is 37.2. The van der Waals surface area contributed by atoms with E-state index < -0.39 is 23.0 Å². The number of hydrogen-bond donors (Lipinski definition) is 2. The second-order valence-corrected chi connectivity index (χ2v) is 8.64. The molecule has 35 heavy (non-hydrogen) atoms. The number of nitrogens with one attached hydrogen (secondary N) is 2. The van der Waals surface area contributed by atoms with Crippen molar-refractivity contribution in [1.82, 2.24) is 32.8 Å². The van der Waals surface area contributed by atoms with Crippen molar-refractivity contribution in [2.45, 2.75) is 37.5 Å². The molecule has 1 fully saturated rings. The van der Waals surface area contributed by atoms with E-state index in [2.05, 4.69) is 34.3 Å². The lowest BCUT2D eigenvalue weighted by atomic mass is 10.2. The first-order valence-corrected chi connectivity index (χ1v) is 11.3. The normalized spacial score (nSPS) is 18.2. The van der Waals surface area contributed by atoms with Crippen molar-refractivity contribution < 1.29 is 13.2 Å². The van der Waals surface area contributed by atoms with Gasteiger partial charge in [-0.15, -0.1) is 0 Å². The van der Waals surface area contributed by atoms with E-state index in [-0.39, 0.29) is 29.2 Å². The molecule has 0 bridgehead atoms. The van der Waals surface area contributed by atoms with Gasteiger partial charge in [0.25, 0.3) is 5.56 Å². The second kappa shape index (κ2) is 8.72. The first-order chi connectivity index (χ1) is 16.7. The fourth-order valence-electron chi connectivity index (χ4n) is 3.99. The van der Waals surface area contributed by atoms with Crippen LogP contribution < -0.4 is 21.9 Å². The zero-order valence-corrected chi connectivity index (χ0v) is 19.0. The van der Waals surface area contributed by atoms with Gasteiger partial charge in [0.1, 0.15) is 5.82 Å². The van der Waals surface area contributed by atoms with Crippen LogP contribution in [0.4, 0.5) is 24.9 Å². The largest absolute Gasteiger partial charge is 0.419 e. The fourth-order valence-corrected chi connectivity index (χ4v) is 4.56. The van der Waals surface area contributed by atoms with Gasteiger partial charge in [0.15, 0.2) is 11.2 Å². The van der Waals surface area contributed by atoms with Gasteiger partial charge in [-0.05, 0) is 31.4 Å². The third kappa shape index (κ3) is 4.45. The average Bonchev–Trinajstić information content (AvgIpc) is 3.49. The summed E-state index contributed by atoms with van der Waals surface area (Å²) >= 11 is 0.859. The van der Waals surface area contributed by atoms with Crippen LogP contribution in [-0.2, 0) is 13.2 Å². The Morgan fingerprint density at radius 1 is 1.00 bits per heavy atom. The van der Waals surface area contributed by atoms with Crippen LogP contribution in [0.3, 0.4) is 0 Å². The van der Waals surface area contributed by atoms with Gasteiger partial charge in [-0.3, -0.25) is 9.36 Å². The van der Waals surface area contributed by atoms with E-state index in [0.29, 0.717) is 17.9 Å². The van der Waals surface area contributed by atoms with Crippen molar-refractivity contribution in [3.05, 3.63) is 57.1 Å². The monoisotopic (exact) mass is 505 g/mol. The summed E-state index contributed by atoms with van der Waals surface area (Å²) in [6.45, 7) is 0. The van der Waals surface area contributed by atoms with E-state index in [0.717, 1.165) is 41.5 Å². The summed E-state index contributed by atoms with van der Waals surface area (Å²) in [6.07, 6.45) is 0.718. The quantitative estimate of drug-likeness (QED) is 0.419. The lowest BCUT2D eigenvalue weighted by Gasteiger charge is -2.16. The van der Waals surface area contributed by atoms with E-state index in [9.17, 15) is 22.8 Å². The molecule has 0 amide bonds. The van der Waals surface area contributed by atoms with Gasteiger partial charge < -0.3 is 10.6 Å². The summed E-state index contributed by atoms with van der Waals surface area (Å²) in [5.41, 5.74) is -1.35. The Balaban J connectivity index is 1.24. The van der Waals surface area contributed by atoms with Crippen LogP contribution in [0.5, 0.6) is 0 Å². The highest BCUT2D eigenvalue weighted by Gasteiger charge is 2.32. The Morgan fingerprint density at radius 2 is 1.71 bits per heavy atom. The molecule has 0 aliphatic heterocycles. The summed E-state index contributed by atoms with van der Waals surface area (Å²) < 4.78 is 48.2. The molecule has 4 aromatic heterocycles. The lowest BCUT2D eigenvalue weighted by molar-refractivity contribution is -0.138. The summed E-state index contributed by atoms with van der Waals surface area (Å²) in [7, 11) is 1.52. The van der Waals surface area contributed by atoms with Gasteiger partial charge in [0.05, 0.1) is 29.2 Å². The molecule has 0 radical (unpaired) electrons. The molecule has 2 N–H and O–H groups in total. The molecule has 1 aliphatic carbocycles. The van der Waals surface area contributed by atoms with Crippen molar-refractivity contribution >= 4 is 34.7 Å². The Labute approximate surface area is 199 Å². The van der Waals surface area contributed by atoms with Crippen LogP contribution in [0, 0.1) is 0 Å². The molecule has 1 saturated carbocycles. The van der Waals surface area contributed by atoms with Gasteiger partial charge in [-0.25, -0.2) is 24.3 Å². The van der Waals surface area contributed by atoms with Gasteiger partial charge in [-0.2, -0.15) is 21.9 Å². The molecule has 4 heterocycles. The highest BCUT2D eigenvalue weighted by Crippen LogP contribution is 2.29. The maximum atomic E-state index is 12.7. The SMILES string of the molecule is Cn1c(=O)n(-c2ccc(N[C@H]3CC[C@H](Nc4ncc(C(F)(F)F)cn4)C3)nc2)c(=O)c2nsnc21. The van der Waals surface area contributed by atoms with Crippen LogP contribution in [0.25, 0.3) is 16.9 Å². The standard InChI is InChI=1S/C20H18F3N9O2S/c1-31-16-15(29-35-30-16)17(33)32(19(31)34)13-4-5-14(24-9-13)27-11-2-3-12(6-11)28-18-25-7-10(8-26-18)20(21,22)23/h4-5,7-9,11-12H,2-3,6H2,1H3,(H,24,27)(H,25,26,28)/t11-,12-/m0/s1. The fraction of sp³-hybridized carbons (Fsp3) is 0.350. The van der Waals surface area contributed by atoms with E-state index in [1.807, 2.05) is 0 Å². The zero-order valence-electron chi connectivity index (χ0n) is 18.2. The molecule has 0 aromatic carbocycles. The maximum Gasteiger partial charge on any atom is 0.419 e. The number of rotatable bonds is 5. The predicted octanol–water partition coefficient (Wildman–Crippen LogP) is 2.19. The molecule has 0 spiro atoms. The predicted molar refractivity (Wildman–Crippen MR) is 122 cm³/mol. The molecule has 2 atom stereocenters. The number of aromatic nitrogens is 7. The van der Waals surface area contributed by atoms with Crippen molar-refractivity contribution in [3.8, 4) is 5.69 Å². The number of hydrogen-bond acceptors (Lipinski definition) is 10. The molecule has 1 aliphatic rings. The van der Waals surface area contributed by atoms with E-state index in [1.165, 1.54) is 17.8 Å². The van der Waals surface area contributed by atoms with Gasteiger partial charge in [-0.1, -0.05) is 0 Å². The Kier molecular flexibility index (Phi) is 5.70. The molecule has 15 heteroatoms. The van der Waals surface area contributed by atoms with Crippen molar-refractivity contribution in [2.24, 2.45) is 7.05 Å². The van der Waals surface area contributed by atoms with Crippen LogP contribution in [-0.4, -0.2) is 44.9 Å². The third-order valence-electron chi connectivity index (χ3n) is 5.78. The second-order valence-electron chi connectivity index (χ2n) is 8.11. The number of halogens is 3. The zero-order chi connectivity index (χ0) is 24.7. The Morgan fingerprint density at radius 3 is 2.37 bits per heavy atom. The number of alkyl halides is 3. The highest BCUT2D eigenvalue weighted by molar-refractivity contribution is 7.00. The Hall–Kier alpha value is -3.88.